The van der Waals surface area contributed by atoms with Crippen molar-refractivity contribution in [1.82, 2.24) is 19.5 Å². The summed E-state index contributed by atoms with van der Waals surface area (Å²) in [7, 11) is 3.20. The lowest BCUT2D eigenvalue weighted by molar-refractivity contribution is 0.0903. The molecule has 1 aliphatic rings. The number of ether oxygens (including phenoxy) is 2. The highest BCUT2D eigenvalue weighted by Gasteiger charge is 2.24. The molecule has 10 heteroatoms. The van der Waals surface area contributed by atoms with Crippen LogP contribution in [0.2, 0.25) is 0 Å². The van der Waals surface area contributed by atoms with Crippen molar-refractivity contribution in [2.24, 2.45) is 7.05 Å². The number of hydrogen-bond acceptors (Lipinski definition) is 7. The summed E-state index contributed by atoms with van der Waals surface area (Å²) >= 11 is 0. The number of carbonyl (C=O) groups excluding carboxylic acids is 1. The van der Waals surface area contributed by atoms with Crippen molar-refractivity contribution in [3.63, 3.8) is 0 Å². The lowest BCUT2D eigenvalue weighted by Gasteiger charge is -2.23. The number of rotatable bonds is 8. The average molecular weight is 508 g/mol. The monoisotopic (exact) mass is 507 g/mol. The second-order valence-electron chi connectivity index (χ2n) is 9.12. The van der Waals surface area contributed by atoms with Crippen LogP contribution in [0.15, 0.2) is 49.1 Å². The zero-order valence-corrected chi connectivity index (χ0v) is 20.6. The molecule has 37 heavy (non-hydrogen) atoms. The van der Waals surface area contributed by atoms with Crippen LogP contribution in [-0.4, -0.2) is 51.7 Å². The topological polar surface area (TPSA) is 91.2 Å². The van der Waals surface area contributed by atoms with Crippen LogP contribution in [0.5, 0.6) is 5.75 Å². The predicted molar refractivity (Wildman–Crippen MR) is 134 cm³/mol. The molecule has 1 aliphatic heterocycles. The molecule has 4 aromatic rings. The molecule has 1 N–H and O–H groups in total. The zero-order valence-electron chi connectivity index (χ0n) is 20.6. The molecule has 5 rings (SSSR count). The molecule has 0 bridgehead atoms. The van der Waals surface area contributed by atoms with Crippen LogP contribution in [0.3, 0.4) is 0 Å². The smallest absolute Gasteiger partial charge is 0.223 e. The highest BCUT2D eigenvalue weighted by molar-refractivity contribution is 6.00. The summed E-state index contributed by atoms with van der Waals surface area (Å²) in [5.74, 6) is -1.43. The van der Waals surface area contributed by atoms with Gasteiger partial charge in [-0.1, -0.05) is 6.07 Å². The Bertz CT molecular complexity index is 1440. The number of aromatic nitrogens is 4. The van der Waals surface area contributed by atoms with Crippen LogP contribution in [0.1, 0.15) is 46.8 Å². The maximum atomic E-state index is 15.0. The molecule has 2 aromatic carbocycles. The number of nitrogens with one attached hydrogen (secondary N) is 1. The Labute approximate surface area is 212 Å². The SMILES string of the molecule is COc1ccc([C@H](CC(=O)c2cc(F)c3cnc(NC4CCOCC4)nc3c2)c2cncn2C)cc1F. The van der Waals surface area contributed by atoms with E-state index in [9.17, 15) is 13.6 Å². The number of anilines is 1. The second-order valence-corrected chi connectivity index (χ2v) is 9.12. The van der Waals surface area contributed by atoms with E-state index in [1.807, 2.05) is 0 Å². The van der Waals surface area contributed by atoms with Gasteiger partial charge in [0.1, 0.15) is 5.82 Å². The number of fused-ring (bicyclic) bond motifs is 1. The van der Waals surface area contributed by atoms with Crippen LogP contribution >= 0.6 is 0 Å². The summed E-state index contributed by atoms with van der Waals surface area (Å²) in [5, 5.41) is 3.50. The molecule has 0 aliphatic carbocycles. The number of Topliss-reactive ketones (excluding diaryl/α,β-unsaturated/α-hetero) is 1. The standard InChI is InChI=1S/C27H27F2N5O3/c1-34-15-30-14-24(34)19(16-3-4-26(36-2)22(29)9-16)12-25(35)17-10-21(28)20-13-31-27(33-23(20)11-17)32-18-5-7-37-8-6-18/h3-4,9-11,13-15,18-19H,5-8,12H2,1-2H3,(H,31,32,33)/t19-/m0/s1. The van der Waals surface area contributed by atoms with Gasteiger partial charge < -0.3 is 19.4 Å². The minimum Gasteiger partial charge on any atom is -0.494 e. The molecule has 192 valence electrons. The van der Waals surface area contributed by atoms with E-state index >= 15 is 0 Å². The molecule has 1 atom stereocenters. The van der Waals surface area contributed by atoms with Gasteiger partial charge in [0, 0.05) is 62.3 Å². The maximum Gasteiger partial charge on any atom is 0.223 e. The molecule has 0 spiro atoms. The summed E-state index contributed by atoms with van der Waals surface area (Å²) in [6, 6.07) is 7.55. The number of nitrogens with zero attached hydrogens (tertiary/aromatic N) is 4. The van der Waals surface area contributed by atoms with Crippen molar-refractivity contribution in [3.8, 4) is 5.75 Å². The van der Waals surface area contributed by atoms with Gasteiger partial charge >= 0.3 is 0 Å². The van der Waals surface area contributed by atoms with Crippen molar-refractivity contribution in [3.05, 3.63) is 77.5 Å². The Morgan fingerprint density at radius 2 is 2.00 bits per heavy atom. The van der Waals surface area contributed by atoms with Crippen molar-refractivity contribution in [2.45, 2.75) is 31.2 Å². The van der Waals surface area contributed by atoms with Crippen LogP contribution < -0.4 is 10.1 Å². The fourth-order valence-electron chi connectivity index (χ4n) is 4.65. The van der Waals surface area contributed by atoms with Gasteiger partial charge in [0.2, 0.25) is 5.95 Å². The Morgan fingerprint density at radius 1 is 1.19 bits per heavy atom. The normalized spacial score (nSPS) is 15.0. The molecule has 8 nitrogen and oxygen atoms in total. The number of methoxy groups -OCH3 is 1. The van der Waals surface area contributed by atoms with Gasteiger partial charge in [0.25, 0.3) is 0 Å². The lowest BCUT2D eigenvalue weighted by Crippen LogP contribution is -2.28. The van der Waals surface area contributed by atoms with E-state index in [0.717, 1.165) is 18.5 Å². The number of hydrogen-bond donors (Lipinski definition) is 1. The molecular weight excluding hydrogens is 480 g/mol. The van der Waals surface area contributed by atoms with E-state index in [1.54, 1.807) is 36.3 Å². The summed E-state index contributed by atoms with van der Waals surface area (Å²) in [4.78, 5) is 26.3. The minimum absolute atomic E-state index is 0.0193. The van der Waals surface area contributed by atoms with Crippen LogP contribution in [0.4, 0.5) is 14.7 Å². The predicted octanol–water partition coefficient (Wildman–Crippen LogP) is 4.65. The second kappa shape index (κ2) is 10.6. The number of imidazole rings is 1. The molecule has 0 amide bonds. The number of benzene rings is 2. The molecule has 0 radical (unpaired) electrons. The third kappa shape index (κ3) is 5.29. The first kappa shape index (κ1) is 24.8. The van der Waals surface area contributed by atoms with Crippen LogP contribution in [-0.2, 0) is 11.8 Å². The molecule has 2 aromatic heterocycles. The fraction of sp³-hybridized carbons (Fsp3) is 0.333. The van der Waals surface area contributed by atoms with Gasteiger partial charge in [-0.25, -0.2) is 23.7 Å². The third-order valence-corrected chi connectivity index (χ3v) is 6.71. The van der Waals surface area contributed by atoms with E-state index in [4.69, 9.17) is 9.47 Å². The Morgan fingerprint density at radius 3 is 2.70 bits per heavy atom. The third-order valence-electron chi connectivity index (χ3n) is 6.71. The van der Waals surface area contributed by atoms with E-state index in [-0.39, 0.29) is 34.9 Å². The highest BCUT2D eigenvalue weighted by Crippen LogP contribution is 2.32. The number of ketones is 1. The molecule has 3 heterocycles. The zero-order chi connectivity index (χ0) is 25.9. The highest BCUT2D eigenvalue weighted by atomic mass is 19.1. The largest absolute Gasteiger partial charge is 0.494 e. The molecule has 1 saturated heterocycles. The lowest BCUT2D eigenvalue weighted by atomic mass is 9.88. The number of halogens is 2. The van der Waals surface area contributed by atoms with Crippen molar-refractivity contribution >= 4 is 22.6 Å². The Hall–Kier alpha value is -3.92. The Kier molecular flexibility index (Phi) is 7.09. The van der Waals surface area contributed by atoms with E-state index in [2.05, 4.69) is 20.3 Å². The first-order valence-corrected chi connectivity index (χ1v) is 12.1. The van der Waals surface area contributed by atoms with Gasteiger partial charge in [0.05, 0.1) is 24.3 Å². The molecule has 0 saturated carbocycles. The van der Waals surface area contributed by atoms with Gasteiger partial charge in [-0.2, -0.15) is 0 Å². The maximum absolute atomic E-state index is 15.0. The van der Waals surface area contributed by atoms with E-state index < -0.39 is 17.6 Å². The summed E-state index contributed by atoms with van der Waals surface area (Å²) < 4.78 is 41.7. The summed E-state index contributed by atoms with van der Waals surface area (Å²) in [5.41, 5.74) is 1.83. The van der Waals surface area contributed by atoms with Crippen LogP contribution in [0, 0.1) is 11.6 Å². The average Bonchev–Trinajstić information content (AvgIpc) is 3.32. The summed E-state index contributed by atoms with van der Waals surface area (Å²) in [6.45, 7) is 1.32. The number of carbonyl (C=O) groups is 1. The van der Waals surface area contributed by atoms with Crippen molar-refractivity contribution < 1.29 is 23.0 Å². The van der Waals surface area contributed by atoms with Gasteiger partial charge in [-0.3, -0.25) is 4.79 Å². The van der Waals surface area contributed by atoms with Gasteiger partial charge in [0.15, 0.2) is 17.3 Å². The first-order chi connectivity index (χ1) is 17.9. The molecular formula is C27H27F2N5O3. The van der Waals surface area contributed by atoms with Gasteiger partial charge in [-0.15, -0.1) is 0 Å². The van der Waals surface area contributed by atoms with E-state index in [0.29, 0.717) is 30.2 Å². The van der Waals surface area contributed by atoms with Crippen LogP contribution in [0.25, 0.3) is 10.9 Å². The number of aryl methyl sites for hydroxylation is 1. The van der Waals surface area contributed by atoms with Crippen molar-refractivity contribution in [1.29, 1.82) is 0 Å². The van der Waals surface area contributed by atoms with Gasteiger partial charge in [-0.05, 0) is 42.7 Å². The first-order valence-electron chi connectivity index (χ1n) is 12.1. The molecule has 0 unspecified atom stereocenters. The Balaban J connectivity index is 1.45. The molecule has 1 fully saturated rings. The quantitative estimate of drug-likeness (QED) is 0.347. The fourth-order valence-corrected chi connectivity index (χ4v) is 4.65. The van der Waals surface area contributed by atoms with Crippen molar-refractivity contribution in [2.75, 3.05) is 25.6 Å². The van der Waals surface area contributed by atoms with E-state index in [1.165, 1.54) is 31.5 Å². The summed E-state index contributed by atoms with van der Waals surface area (Å²) in [6.07, 6.45) is 6.32. The minimum atomic E-state index is -0.578.